The highest BCUT2D eigenvalue weighted by molar-refractivity contribution is 9.10. The standard InChI is InChI=1S/C15H21BrN2O4S/c1-15(2,3)18(14(19)20)11-8-9-17(10-11)23(21,22)13-7-5-4-6-12(13)16/h4-7,11H,8-10H2,1-3H3,(H,19,20). The van der Waals surface area contributed by atoms with Crippen molar-refractivity contribution in [3.63, 3.8) is 0 Å². The number of amides is 1. The molecule has 1 N–H and O–H groups in total. The fourth-order valence-corrected chi connectivity index (χ4v) is 5.38. The van der Waals surface area contributed by atoms with Gasteiger partial charge in [-0.1, -0.05) is 12.1 Å². The second-order valence-corrected chi connectivity index (χ2v) is 9.32. The zero-order valence-electron chi connectivity index (χ0n) is 13.4. The molecular formula is C15H21BrN2O4S. The Morgan fingerprint density at radius 1 is 1.35 bits per heavy atom. The van der Waals surface area contributed by atoms with E-state index in [2.05, 4.69) is 15.9 Å². The Hall–Kier alpha value is -1.12. The summed E-state index contributed by atoms with van der Waals surface area (Å²) in [4.78, 5) is 13.1. The first-order chi connectivity index (χ1) is 10.5. The number of halogens is 1. The van der Waals surface area contributed by atoms with Gasteiger partial charge in [-0.25, -0.2) is 13.2 Å². The largest absolute Gasteiger partial charge is 0.465 e. The predicted octanol–water partition coefficient (Wildman–Crippen LogP) is 2.99. The number of hydrogen-bond donors (Lipinski definition) is 1. The van der Waals surface area contributed by atoms with Crippen LogP contribution in [-0.4, -0.2) is 53.5 Å². The minimum absolute atomic E-state index is 0.174. The van der Waals surface area contributed by atoms with Gasteiger partial charge in [0.15, 0.2) is 0 Å². The summed E-state index contributed by atoms with van der Waals surface area (Å²) in [5.41, 5.74) is -0.580. The van der Waals surface area contributed by atoms with Crippen LogP contribution in [0.5, 0.6) is 0 Å². The van der Waals surface area contributed by atoms with E-state index in [9.17, 15) is 18.3 Å². The third-order valence-electron chi connectivity index (χ3n) is 3.87. The number of rotatable bonds is 3. The number of benzene rings is 1. The van der Waals surface area contributed by atoms with Crippen molar-refractivity contribution in [1.82, 2.24) is 9.21 Å². The van der Waals surface area contributed by atoms with E-state index in [1.807, 2.05) is 20.8 Å². The molecule has 6 nitrogen and oxygen atoms in total. The fraction of sp³-hybridized carbons (Fsp3) is 0.533. The second-order valence-electron chi connectivity index (χ2n) is 6.56. The van der Waals surface area contributed by atoms with Crippen LogP contribution in [0.4, 0.5) is 4.79 Å². The van der Waals surface area contributed by atoms with Crippen LogP contribution in [-0.2, 0) is 10.0 Å². The summed E-state index contributed by atoms with van der Waals surface area (Å²) in [6.07, 6.45) is -0.532. The summed E-state index contributed by atoms with van der Waals surface area (Å²) in [7, 11) is -3.64. The molecule has 1 atom stereocenters. The molecule has 1 aromatic rings. The molecule has 0 saturated carbocycles. The lowest BCUT2D eigenvalue weighted by atomic mass is 10.0. The van der Waals surface area contributed by atoms with Crippen LogP contribution in [0.25, 0.3) is 0 Å². The maximum absolute atomic E-state index is 12.8. The summed E-state index contributed by atoms with van der Waals surface area (Å²) in [5, 5.41) is 9.47. The summed E-state index contributed by atoms with van der Waals surface area (Å²) < 4.78 is 27.4. The Morgan fingerprint density at radius 3 is 2.48 bits per heavy atom. The molecule has 8 heteroatoms. The molecule has 1 saturated heterocycles. The highest BCUT2D eigenvalue weighted by Gasteiger charge is 2.41. The average molecular weight is 405 g/mol. The van der Waals surface area contributed by atoms with Crippen molar-refractivity contribution in [2.75, 3.05) is 13.1 Å². The van der Waals surface area contributed by atoms with Crippen molar-refractivity contribution in [2.24, 2.45) is 0 Å². The summed E-state index contributed by atoms with van der Waals surface area (Å²) in [5.74, 6) is 0. The molecule has 0 bridgehead atoms. The van der Waals surface area contributed by atoms with Crippen LogP contribution in [0, 0.1) is 0 Å². The maximum Gasteiger partial charge on any atom is 0.408 e. The van der Waals surface area contributed by atoms with Crippen LogP contribution >= 0.6 is 15.9 Å². The molecule has 0 spiro atoms. The highest BCUT2D eigenvalue weighted by atomic mass is 79.9. The molecule has 0 radical (unpaired) electrons. The summed E-state index contributed by atoms with van der Waals surface area (Å²) >= 11 is 3.27. The number of sulfonamides is 1. The van der Waals surface area contributed by atoms with E-state index >= 15 is 0 Å². The van der Waals surface area contributed by atoms with Gasteiger partial charge in [0.25, 0.3) is 0 Å². The van der Waals surface area contributed by atoms with Crippen molar-refractivity contribution in [2.45, 2.75) is 43.7 Å². The third kappa shape index (κ3) is 3.70. The van der Waals surface area contributed by atoms with Crippen molar-refractivity contribution >= 4 is 32.0 Å². The Morgan fingerprint density at radius 2 is 1.96 bits per heavy atom. The lowest BCUT2D eigenvalue weighted by Gasteiger charge is -2.37. The fourth-order valence-electron chi connectivity index (χ4n) is 2.92. The second kappa shape index (κ2) is 6.41. The minimum Gasteiger partial charge on any atom is -0.465 e. The zero-order chi connectivity index (χ0) is 17.4. The van der Waals surface area contributed by atoms with E-state index < -0.39 is 21.7 Å². The maximum atomic E-state index is 12.8. The molecule has 2 rings (SSSR count). The van der Waals surface area contributed by atoms with Gasteiger partial charge in [0.1, 0.15) is 0 Å². The van der Waals surface area contributed by atoms with Gasteiger partial charge in [-0.05, 0) is 55.3 Å². The van der Waals surface area contributed by atoms with E-state index in [0.29, 0.717) is 17.4 Å². The quantitative estimate of drug-likeness (QED) is 0.839. The van der Waals surface area contributed by atoms with Crippen molar-refractivity contribution in [3.8, 4) is 0 Å². The van der Waals surface area contributed by atoms with Gasteiger partial charge in [0, 0.05) is 23.1 Å². The van der Waals surface area contributed by atoms with Crippen LogP contribution in [0.15, 0.2) is 33.6 Å². The smallest absolute Gasteiger partial charge is 0.408 e. The topological polar surface area (TPSA) is 77.9 Å². The monoisotopic (exact) mass is 404 g/mol. The molecule has 1 unspecified atom stereocenters. The highest BCUT2D eigenvalue weighted by Crippen LogP contribution is 2.30. The number of hydrogen-bond acceptors (Lipinski definition) is 3. The zero-order valence-corrected chi connectivity index (χ0v) is 15.8. The molecular weight excluding hydrogens is 384 g/mol. The van der Waals surface area contributed by atoms with Crippen molar-refractivity contribution < 1.29 is 18.3 Å². The number of nitrogens with zero attached hydrogens (tertiary/aromatic N) is 2. The average Bonchev–Trinajstić information content (AvgIpc) is 2.86. The molecule has 23 heavy (non-hydrogen) atoms. The summed E-state index contributed by atoms with van der Waals surface area (Å²) in [6.45, 7) is 5.92. The molecule has 1 amide bonds. The lowest BCUT2D eigenvalue weighted by molar-refractivity contribution is 0.0742. The van der Waals surface area contributed by atoms with Gasteiger partial charge in [-0.2, -0.15) is 4.31 Å². The Bertz CT molecular complexity index is 700. The number of carboxylic acid groups (broad SMARTS) is 1. The van der Waals surface area contributed by atoms with Crippen LogP contribution < -0.4 is 0 Å². The first-order valence-electron chi connectivity index (χ1n) is 7.32. The lowest BCUT2D eigenvalue weighted by Crippen LogP contribution is -2.52. The van der Waals surface area contributed by atoms with Crippen LogP contribution in [0.3, 0.4) is 0 Å². The molecule has 1 aliphatic heterocycles. The van der Waals surface area contributed by atoms with E-state index in [0.717, 1.165) is 0 Å². The Labute approximate surface area is 145 Å². The van der Waals surface area contributed by atoms with E-state index in [1.54, 1.807) is 24.3 Å². The minimum atomic E-state index is -3.64. The van der Waals surface area contributed by atoms with E-state index in [1.165, 1.54) is 9.21 Å². The molecule has 1 aromatic carbocycles. The Kier molecular flexibility index (Phi) is 5.08. The van der Waals surface area contributed by atoms with Crippen LogP contribution in [0.1, 0.15) is 27.2 Å². The van der Waals surface area contributed by atoms with Gasteiger partial charge >= 0.3 is 6.09 Å². The first kappa shape index (κ1) is 18.2. The molecule has 1 aliphatic rings. The molecule has 1 heterocycles. The SMILES string of the molecule is CC(C)(C)N(C(=O)O)C1CCN(S(=O)(=O)c2ccccc2Br)C1. The van der Waals surface area contributed by atoms with Crippen molar-refractivity contribution in [1.29, 1.82) is 0 Å². The van der Waals surface area contributed by atoms with Gasteiger partial charge in [-0.15, -0.1) is 0 Å². The van der Waals surface area contributed by atoms with Gasteiger partial charge < -0.3 is 5.11 Å². The third-order valence-corrected chi connectivity index (χ3v) is 6.75. The van der Waals surface area contributed by atoms with E-state index in [4.69, 9.17) is 0 Å². The number of carbonyl (C=O) groups is 1. The predicted molar refractivity (Wildman–Crippen MR) is 90.9 cm³/mol. The van der Waals surface area contributed by atoms with E-state index in [-0.39, 0.29) is 17.5 Å². The summed E-state index contributed by atoms with van der Waals surface area (Å²) in [6, 6.07) is 6.31. The van der Waals surface area contributed by atoms with Crippen molar-refractivity contribution in [3.05, 3.63) is 28.7 Å². The Balaban J connectivity index is 2.26. The molecule has 0 aliphatic carbocycles. The van der Waals surface area contributed by atoms with Crippen LogP contribution in [0.2, 0.25) is 0 Å². The van der Waals surface area contributed by atoms with Gasteiger partial charge in [0.2, 0.25) is 10.0 Å². The molecule has 0 aromatic heterocycles. The molecule has 1 fully saturated rings. The first-order valence-corrected chi connectivity index (χ1v) is 9.55. The van der Waals surface area contributed by atoms with Gasteiger partial charge in [-0.3, -0.25) is 4.90 Å². The molecule has 128 valence electrons. The van der Waals surface area contributed by atoms with Gasteiger partial charge in [0.05, 0.1) is 10.9 Å². The normalized spacial score (nSPS) is 19.7.